The van der Waals surface area contributed by atoms with Gasteiger partial charge < -0.3 is 15.7 Å². The second-order valence-electron chi connectivity index (χ2n) is 5.81. The summed E-state index contributed by atoms with van der Waals surface area (Å²) < 4.78 is 0. The molecule has 1 unspecified atom stereocenters. The van der Waals surface area contributed by atoms with E-state index in [1.807, 2.05) is 6.92 Å². The van der Waals surface area contributed by atoms with Crippen molar-refractivity contribution < 1.29 is 5.11 Å². The van der Waals surface area contributed by atoms with Crippen molar-refractivity contribution >= 4 is 0 Å². The molecule has 0 aromatic carbocycles. The molecule has 0 aromatic rings. The van der Waals surface area contributed by atoms with Crippen LogP contribution in [0, 0.1) is 0 Å². The van der Waals surface area contributed by atoms with Crippen LogP contribution in [0.4, 0.5) is 0 Å². The largest absolute Gasteiger partial charge is 0.389 e. The fourth-order valence-corrected chi connectivity index (χ4v) is 3.08. The van der Waals surface area contributed by atoms with Crippen molar-refractivity contribution in [3.63, 3.8) is 0 Å². The second kappa shape index (κ2) is 8.13. The maximum absolute atomic E-state index is 10.2. The molecular formula is C15H32N2O. The van der Waals surface area contributed by atoms with Gasteiger partial charge in [0.2, 0.25) is 0 Å². The molecule has 3 nitrogen and oxygen atoms in total. The van der Waals surface area contributed by atoms with Gasteiger partial charge >= 0.3 is 0 Å². The normalized spacial score (nSPS) is 21.2. The summed E-state index contributed by atoms with van der Waals surface area (Å²) in [6, 6.07) is 0.788. The highest BCUT2D eigenvalue weighted by atomic mass is 16.3. The SMILES string of the molecule is CCN(CCCC(O)(CC)CN)C1CCCCC1. The summed E-state index contributed by atoms with van der Waals surface area (Å²) in [7, 11) is 0. The van der Waals surface area contributed by atoms with Crippen LogP contribution in [0.25, 0.3) is 0 Å². The van der Waals surface area contributed by atoms with Gasteiger partial charge in [-0.05, 0) is 45.2 Å². The Balaban J connectivity index is 2.30. The lowest BCUT2D eigenvalue weighted by Crippen LogP contribution is -2.40. The lowest BCUT2D eigenvalue weighted by molar-refractivity contribution is 0.0294. The van der Waals surface area contributed by atoms with E-state index in [1.165, 1.54) is 32.1 Å². The van der Waals surface area contributed by atoms with Crippen LogP contribution in [-0.4, -0.2) is 41.3 Å². The van der Waals surface area contributed by atoms with E-state index in [2.05, 4.69) is 11.8 Å². The van der Waals surface area contributed by atoms with E-state index in [4.69, 9.17) is 5.73 Å². The van der Waals surface area contributed by atoms with E-state index >= 15 is 0 Å². The summed E-state index contributed by atoms with van der Waals surface area (Å²) in [5.74, 6) is 0. The summed E-state index contributed by atoms with van der Waals surface area (Å²) >= 11 is 0. The molecule has 0 bridgehead atoms. The zero-order chi connectivity index (χ0) is 13.4. The molecule has 1 saturated carbocycles. The predicted octanol–water partition coefficient (Wildman–Crippen LogP) is 2.52. The van der Waals surface area contributed by atoms with Crippen molar-refractivity contribution in [2.45, 2.75) is 76.9 Å². The van der Waals surface area contributed by atoms with Gasteiger partial charge in [0.1, 0.15) is 0 Å². The molecule has 1 atom stereocenters. The van der Waals surface area contributed by atoms with E-state index in [0.29, 0.717) is 6.54 Å². The number of nitrogens with zero attached hydrogens (tertiary/aromatic N) is 1. The molecule has 0 aliphatic heterocycles. The van der Waals surface area contributed by atoms with Gasteiger partial charge in [0.15, 0.2) is 0 Å². The Labute approximate surface area is 113 Å². The molecular weight excluding hydrogens is 224 g/mol. The third-order valence-corrected chi connectivity index (χ3v) is 4.62. The van der Waals surface area contributed by atoms with Gasteiger partial charge in [0.05, 0.1) is 5.60 Å². The zero-order valence-electron chi connectivity index (χ0n) is 12.3. The Bertz CT molecular complexity index is 211. The van der Waals surface area contributed by atoms with Crippen molar-refractivity contribution in [3.05, 3.63) is 0 Å². The number of hydrogen-bond acceptors (Lipinski definition) is 3. The number of nitrogens with two attached hydrogens (primary N) is 1. The number of hydrogen-bond donors (Lipinski definition) is 2. The highest BCUT2D eigenvalue weighted by Crippen LogP contribution is 2.23. The molecule has 0 spiro atoms. The maximum atomic E-state index is 10.2. The molecule has 0 amide bonds. The Hall–Kier alpha value is -0.120. The minimum Gasteiger partial charge on any atom is -0.389 e. The van der Waals surface area contributed by atoms with Gasteiger partial charge in [-0.1, -0.05) is 33.1 Å². The standard InChI is InChI=1S/C15H32N2O/c1-3-15(18,13-16)11-8-12-17(4-2)14-9-6-5-7-10-14/h14,18H,3-13,16H2,1-2H3. The fourth-order valence-electron chi connectivity index (χ4n) is 3.08. The van der Waals surface area contributed by atoms with Gasteiger partial charge in [-0.25, -0.2) is 0 Å². The predicted molar refractivity (Wildman–Crippen MR) is 77.6 cm³/mol. The van der Waals surface area contributed by atoms with Crippen molar-refractivity contribution in [2.24, 2.45) is 5.73 Å². The molecule has 0 saturated heterocycles. The molecule has 1 aliphatic rings. The molecule has 1 fully saturated rings. The summed E-state index contributed by atoms with van der Waals surface area (Å²) in [6.45, 7) is 6.91. The van der Waals surface area contributed by atoms with Crippen LogP contribution in [0.1, 0.15) is 65.2 Å². The molecule has 0 heterocycles. The van der Waals surface area contributed by atoms with Crippen molar-refractivity contribution in [1.29, 1.82) is 0 Å². The third kappa shape index (κ3) is 4.87. The highest BCUT2D eigenvalue weighted by Gasteiger charge is 2.24. The van der Waals surface area contributed by atoms with Crippen LogP contribution >= 0.6 is 0 Å². The molecule has 3 heteroatoms. The number of aliphatic hydroxyl groups is 1. The second-order valence-corrected chi connectivity index (χ2v) is 5.81. The first kappa shape index (κ1) is 15.9. The van der Waals surface area contributed by atoms with Crippen molar-refractivity contribution in [1.82, 2.24) is 4.90 Å². The first-order valence-electron chi connectivity index (χ1n) is 7.81. The average Bonchev–Trinajstić information content (AvgIpc) is 2.44. The van der Waals surface area contributed by atoms with Crippen LogP contribution in [0.2, 0.25) is 0 Å². The molecule has 1 rings (SSSR count). The first-order valence-corrected chi connectivity index (χ1v) is 7.81. The van der Waals surface area contributed by atoms with Crippen LogP contribution < -0.4 is 5.73 Å². The molecule has 0 radical (unpaired) electrons. The average molecular weight is 256 g/mol. The smallest absolute Gasteiger partial charge is 0.0767 e. The lowest BCUT2D eigenvalue weighted by atomic mass is 9.92. The van der Waals surface area contributed by atoms with Gasteiger partial charge in [-0.3, -0.25) is 0 Å². The van der Waals surface area contributed by atoms with Crippen LogP contribution in [0.5, 0.6) is 0 Å². The van der Waals surface area contributed by atoms with E-state index in [9.17, 15) is 5.11 Å². The quantitative estimate of drug-likeness (QED) is 0.701. The topological polar surface area (TPSA) is 49.5 Å². The molecule has 1 aliphatic carbocycles. The fraction of sp³-hybridized carbons (Fsp3) is 1.00. The van der Waals surface area contributed by atoms with E-state index in [0.717, 1.165) is 38.4 Å². The van der Waals surface area contributed by atoms with E-state index < -0.39 is 5.60 Å². The van der Waals surface area contributed by atoms with Crippen LogP contribution in [0.15, 0.2) is 0 Å². The molecule has 18 heavy (non-hydrogen) atoms. The lowest BCUT2D eigenvalue weighted by Gasteiger charge is -2.34. The van der Waals surface area contributed by atoms with Gasteiger partial charge in [-0.2, -0.15) is 0 Å². The highest BCUT2D eigenvalue weighted by molar-refractivity contribution is 4.80. The minimum absolute atomic E-state index is 0.388. The number of rotatable bonds is 8. The van der Waals surface area contributed by atoms with Gasteiger partial charge in [0.25, 0.3) is 0 Å². The van der Waals surface area contributed by atoms with Crippen LogP contribution in [0.3, 0.4) is 0 Å². The zero-order valence-corrected chi connectivity index (χ0v) is 12.3. The Morgan fingerprint density at radius 3 is 2.39 bits per heavy atom. The monoisotopic (exact) mass is 256 g/mol. The summed E-state index contributed by atoms with van der Waals surface area (Å²) in [5.41, 5.74) is 5.01. The van der Waals surface area contributed by atoms with Crippen molar-refractivity contribution in [3.8, 4) is 0 Å². The van der Waals surface area contributed by atoms with E-state index in [1.54, 1.807) is 0 Å². The maximum Gasteiger partial charge on any atom is 0.0767 e. The summed E-state index contributed by atoms with van der Waals surface area (Å²) in [4.78, 5) is 2.60. The Morgan fingerprint density at radius 1 is 1.22 bits per heavy atom. The summed E-state index contributed by atoms with van der Waals surface area (Å²) in [6.07, 6.45) is 9.59. The van der Waals surface area contributed by atoms with E-state index in [-0.39, 0.29) is 0 Å². The molecule has 0 aromatic heterocycles. The third-order valence-electron chi connectivity index (χ3n) is 4.62. The molecule has 108 valence electrons. The Kier molecular flexibility index (Phi) is 7.20. The van der Waals surface area contributed by atoms with Crippen molar-refractivity contribution in [2.75, 3.05) is 19.6 Å². The Morgan fingerprint density at radius 2 is 1.89 bits per heavy atom. The minimum atomic E-state index is -0.633. The van der Waals surface area contributed by atoms with Gasteiger partial charge in [0, 0.05) is 12.6 Å². The van der Waals surface area contributed by atoms with Crippen LogP contribution in [-0.2, 0) is 0 Å². The summed E-state index contributed by atoms with van der Waals surface area (Å²) in [5, 5.41) is 10.2. The first-order chi connectivity index (χ1) is 8.65. The molecule has 3 N–H and O–H groups in total. The van der Waals surface area contributed by atoms with Gasteiger partial charge in [-0.15, -0.1) is 0 Å².